The Kier molecular flexibility index (Phi) is 4.86. The first-order valence-corrected chi connectivity index (χ1v) is 9.11. The molecule has 1 aromatic rings. The van der Waals surface area contributed by atoms with Crippen molar-refractivity contribution >= 4 is 9.84 Å². The van der Waals surface area contributed by atoms with E-state index in [0.717, 1.165) is 24.0 Å². The number of benzene rings is 1. The number of hydrogen-bond donors (Lipinski definition) is 1. The lowest BCUT2D eigenvalue weighted by Crippen LogP contribution is -2.38. The van der Waals surface area contributed by atoms with E-state index >= 15 is 0 Å². The molecule has 20 heavy (non-hydrogen) atoms. The highest BCUT2D eigenvalue weighted by Crippen LogP contribution is 2.27. The lowest BCUT2D eigenvalue weighted by Gasteiger charge is -2.27. The molecule has 0 bridgehead atoms. The van der Waals surface area contributed by atoms with Gasteiger partial charge in [-0.25, -0.2) is 8.42 Å². The highest BCUT2D eigenvalue weighted by atomic mass is 32.2. The molecule has 1 atom stereocenters. The molecule has 1 saturated carbocycles. The number of rotatable bonds is 4. The average molecular weight is 295 g/mol. The summed E-state index contributed by atoms with van der Waals surface area (Å²) in [5, 5.41) is 0. The first-order valence-electron chi connectivity index (χ1n) is 7.46. The van der Waals surface area contributed by atoms with Gasteiger partial charge in [-0.15, -0.1) is 0 Å². The molecule has 112 valence electrons. The maximum absolute atomic E-state index is 12.5. The lowest BCUT2D eigenvalue weighted by molar-refractivity contribution is 0.317. The van der Waals surface area contributed by atoms with Crippen molar-refractivity contribution in [2.24, 2.45) is 11.7 Å². The van der Waals surface area contributed by atoms with Crippen molar-refractivity contribution in [2.75, 3.05) is 5.75 Å². The highest BCUT2D eigenvalue weighted by Gasteiger charge is 2.27. The first-order chi connectivity index (χ1) is 9.40. The van der Waals surface area contributed by atoms with Gasteiger partial charge in [-0.3, -0.25) is 0 Å². The third kappa shape index (κ3) is 3.61. The minimum Gasteiger partial charge on any atom is -0.327 e. The van der Waals surface area contributed by atoms with Gasteiger partial charge in [-0.2, -0.15) is 0 Å². The molecule has 0 heterocycles. The fourth-order valence-electron chi connectivity index (χ4n) is 3.19. The number of sulfone groups is 1. The Morgan fingerprint density at radius 2 is 1.85 bits per heavy atom. The summed E-state index contributed by atoms with van der Waals surface area (Å²) in [5.74, 6) is 0.436. The van der Waals surface area contributed by atoms with Gasteiger partial charge >= 0.3 is 0 Å². The molecule has 3 nitrogen and oxygen atoms in total. The molecule has 2 rings (SSSR count). The van der Waals surface area contributed by atoms with Crippen molar-refractivity contribution in [3.63, 3.8) is 0 Å². The molecule has 2 N–H and O–H groups in total. The fourth-order valence-corrected chi connectivity index (χ4v) is 4.97. The Bertz CT molecular complexity index is 560. The zero-order valence-corrected chi connectivity index (χ0v) is 13.2. The molecular formula is C16H25NO2S. The number of aryl methyl sites for hydroxylation is 2. The summed E-state index contributed by atoms with van der Waals surface area (Å²) in [7, 11) is -3.28. The van der Waals surface area contributed by atoms with E-state index in [1.807, 2.05) is 26.0 Å². The Morgan fingerprint density at radius 3 is 2.45 bits per heavy atom. The SMILES string of the molecule is Cc1ccc(S(=O)(=O)CC(N)C2CCCCC2)c(C)c1. The highest BCUT2D eigenvalue weighted by molar-refractivity contribution is 7.91. The van der Waals surface area contributed by atoms with Crippen molar-refractivity contribution in [3.05, 3.63) is 29.3 Å². The van der Waals surface area contributed by atoms with Crippen LogP contribution >= 0.6 is 0 Å². The summed E-state index contributed by atoms with van der Waals surface area (Å²) in [5.41, 5.74) is 8.07. The van der Waals surface area contributed by atoms with E-state index in [2.05, 4.69) is 0 Å². The molecule has 1 aliphatic carbocycles. The second-order valence-corrected chi connectivity index (χ2v) is 8.11. The van der Waals surface area contributed by atoms with Crippen LogP contribution in [-0.2, 0) is 9.84 Å². The summed E-state index contributed by atoms with van der Waals surface area (Å²) in [4.78, 5) is 0.439. The zero-order valence-electron chi connectivity index (χ0n) is 12.4. The molecule has 1 aliphatic rings. The first kappa shape index (κ1) is 15.5. The van der Waals surface area contributed by atoms with Crippen LogP contribution in [0.15, 0.2) is 23.1 Å². The standard InChI is InChI=1S/C16H25NO2S/c1-12-8-9-16(13(2)10-12)20(18,19)11-15(17)14-6-4-3-5-7-14/h8-10,14-15H,3-7,11,17H2,1-2H3. The van der Waals surface area contributed by atoms with Crippen molar-refractivity contribution in [1.82, 2.24) is 0 Å². The largest absolute Gasteiger partial charge is 0.327 e. The smallest absolute Gasteiger partial charge is 0.180 e. The van der Waals surface area contributed by atoms with E-state index in [9.17, 15) is 8.42 Å². The monoisotopic (exact) mass is 295 g/mol. The van der Waals surface area contributed by atoms with Gasteiger partial charge in [-0.05, 0) is 44.2 Å². The molecule has 1 fully saturated rings. The van der Waals surface area contributed by atoms with Crippen LogP contribution in [0.1, 0.15) is 43.2 Å². The van der Waals surface area contributed by atoms with E-state index < -0.39 is 9.84 Å². The maximum Gasteiger partial charge on any atom is 0.180 e. The number of nitrogens with two attached hydrogens (primary N) is 1. The molecule has 0 saturated heterocycles. The normalized spacial score (nSPS) is 18.9. The van der Waals surface area contributed by atoms with Crippen LogP contribution in [0.2, 0.25) is 0 Å². The van der Waals surface area contributed by atoms with Crippen LogP contribution in [0.3, 0.4) is 0 Å². The molecule has 1 unspecified atom stereocenters. The van der Waals surface area contributed by atoms with E-state index in [1.54, 1.807) is 6.07 Å². The van der Waals surface area contributed by atoms with Gasteiger partial charge in [0.05, 0.1) is 10.6 Å². The van der Waals surface area contributed by atoms with Gasteiger partial charge < -0.3 is 5.73 Å². The van der Waals surface area contributed by atoms with E-state index in [1.165, 1.54) is 19.3 Å². The predicted octanol–water partition coefficient (Wildman–Crippen LogP) is 2.98. The Balaban J connectivity index is 2.13. The van der Waals surface area contributed by atoms with E-state index in [0.29, 0.717) is 10.8 Å². The summed E-state index contributed by atoms with van der Waals surface area (Å²) in [6.45, 7) is 3.82. The van der Waals surface area contributed by atoms with Crippen molar-refractivity contribution in [3.8, 4) is 0 Å². The van der Waals surface area contributed by atoms with Crippen LogP contribution in [0.5, 0.6) is 0 Å². The molecule has 0 amide bonds. The lowest BCUT2D eigenvalue weighted by atomic mass is 9.85. The van der Waals surface area contributed by atoms with Crippen molar-refractivity contribution in [1.29, 1.82) is 0 Å². The topological polar surface area (TPSA) is 60.2 Å². The van der Waals surface area contributed by atoms with Gasteiger partial charge in [0.15, 0.2) is 9.84 Å². The quantitative estimate of drug-likeness (QED) is 0.929. The molecule has 0 aliphatic heterocycles. The molecule has 0 radical (unpaired) electrons. The van der Waals surface area contributed by atoms with Crippen LogP contribution in [-0.4, -0.2) is 20.2 Å². The van der Waals surface area contributed by atoms with E-state index in [-0.39, 0.29) is 11.8 Å². The van der Waals surface area contributed by atoms with Crippen LogP contribution in [0, 0.1) is 19.8 Å². The molecule has 4 heteroatoms. The third-order valence-electron chi connectivity index (χ3n) is 4.33. The molecule has 1 aromatic carbocycles. The molecule has 0 spiro atoms. The summed E-state index contributed by atoms with van der Waals surface area (Å²) in [6.07, 6.45) is 5.77. The van der Waals surface area contributed by atoms with Gasteiger partial charge in [0, 0.05) is 6.04 Å². The van der Waals surface area contributed by atoms with Crippen molar-refractivity contribution in [2.45, 2.75) is 56.9 Å². The average Bonchev–Trinajstić information content (AvgIpc) is 2.38. The summed E-state index contributed by atoms with van der Waals surface area (Å²) in [6, 6.07) is 5.25. The maximum atomic E-state index is 12.5. The fraction of sp³-hybridized carbons (Fsp3) is 0.625. The van der Waals surface area contributed by atoms with Crippen LogP contribution in [0.4, 0.5) is 0 Å². The van der Waals surface area contributed by atoms with E-state index in [4.69, 9.17) is 5.73 Å². The van der Waals surface area contributed by atoms with Crippen LogP contribution < -0.4 is 5.73 Å². The van der Waals surface area contributed by atoms with Gasteiger partial charge in [0.2, 0.25) is 0 Å². The second kappa shape index (κ2) is 6.27. The van der Waals surface area contributed by atoms with Gasteiger partial charge in [0.1, 0.15) is 0 Å². The summed E-state index contributed by atoms with van der Waals surface area (Å²) >= 11 is 0. The zero-order chi connectivity index (χ0) is 14.8. The molecule has 0 aromatic heterocycles. The van der Waals surface area contributed by atoms with Gasteiger partial charge in [0.25, 0.3) is 0 Å². The summed E-state index contributed by atoms with van der Waals surface area (Å²) < 4.78 is 25.1. The third-order valence-corrected chi connectivity index (χ3v) is 6.28. The molecular weight excluding hydrogens is 270 g/mol. The number of hydrogen-bond acceptors (Lipinski definition) is 3. The predicted molar refractivity (Wildman–Crippen MR) is 82.5 cm³/mol. The second-order valence-electron chi connectivity index (χ2n) is 6.11. The van der Waals surface area contributed by atoms with Crippen molar-refractivity contribution < 1.29 is 8.42 Å². The van der Waals surface area contributed by atoms with Crippen LogP contribution in [0.25, 0.3) is 0 Å². The Morgan fingerprint density at radius 1 is 1.20 bits per heavy atom. The Hall–Kier alpha value is -0.870. The minimum absolute atomic E-state index is 0.0710. The Labute approximate surface area is 122 Å². The minimum atomic E-state index is -3.28. The van der Waals surface area contributed by atoms with Gasteiger partial charge in [-0.1, -0.05) is 37.0 Å².